The SMILES string of the molecule is Cc1ccc(Cl)cc1N([C@@H](C)C(=O)N1CCC[C@@H](C)C1)S(C)(=O)=O. The standard InChI is InChI=1S/C17H25ClN2O3S/c1-12-6-5-9-19(11-12)17(21)14(3)20(24(4,22)23)16-10-15(18)8-7-13(16)2/h7-8,10,12,14H,5-6,9,11H2,1-4H3/t12-,14+/m1/s1. The Hall–Kier alpha value is -1.27. The van der Waals surface area contributed by atoms with Crippen LogP contribution in [-0.4, -0.2) is 44.6 Å². The summed E-state index contributed by atoms with van der Waals surface area (Å²) in [6.45, 7) is 6.92. The number of aryl methyl sites for hydroxylation is 1. The van der Waals surface area contributed by atoms with Crippen LogP contribution in [0.4, 0.5) is 5.69 Å². The second-order valence-corrected chi connectivity index (χ2v) is 8.99. The number of halogens is 1. The maximum absolute atomic E-state index is 12.9. The van der Waals surface area contributed by atoms with Crippen LogP contribution in [0.5, 0.6) is 0 Å². The Morgan fingerprint density at radius 1 is 1.42 bits per heavy atom. The van der Waals surface area contributed by atoms with Gasteiger partial charge in [-0.1, -0.05) is 24.6 Å². The van der Waals surface area contributed by atoms with E-state index in [4.69, 9.17) is 11.6 Å². The van der Waals surface area contributed by atoms with E-state index in [1.165, 1.54) is 4.31 Å². The Kier molecular flexibility index (Phi) is 5.81. The lowest BCUT2D eigenvalue weighted by Crippen LogP contribution is -2.51. The Labute approximate surface area is 149 Å². The van der Waals surface area contributed by atoms with Gasteiger partial charge in [0.25, 0.3) is 0 Å². The minimum absolute atomic E-state index is 0.161. The summed E-state index contributed by atoms with van der Waals surface area (Å²) in [6.07, 6.45) is 3.17. The summed E-state index contributed by atoms with van der Waals surface area (Å²) in [4.78, 5) is 14.7. The van der Waals surface area contributed by atoms with Crippen LogP contribution in [0.1, 0.15) is 32.3 Å². The van der Waals surface area contributed by atoms with Crippen molar-refractivity contribution in [1.82, 2.24) is 4.90 Å². The minimum atomic E-state index is -3.63. The molecule has 24 heavy (non-hydrogen) atoms. The molecule has 7 heteroatoms. The van der Waals surface area contributed by atoms with Crippen molar-refractivity contribution in [3.63, 3.8) is 0 Å². The van der Waals surface area contributed by atoms with Gasteiger partial charge in [0.05, 0.1) is 11.9 Å². The molecule has 0 spiro atoms. The molecule has 0 bridgehead atoms. The Morgan fingerprint density at radius 2 is 2.08 bits per heavy atom. The largest absolute Gasteiger partial charge is 0.341 e. The molecule has 5 nitrogen and oxygen atoms in total. The van der Waals surface area contributed by atoms with Crippen molar-refractivity contribution in [1.29, 1.82) is 0 Å². The van der Waals surface area contributed by atoms with E-state index in [0.717, 1.165) is 24.7 Å². The molecule has 1 heterocycles. The molecule has 1 amide bonds. The molecule has 1 saturated heterocycles. The zero-order chi connectivity index (χ0) is 18.1. The van der Waals surface area contributed by atoms with Gasteiger partial charge in [-0.25, -0.2) is 8.42 Å². The van der Waals surface area contributed by atoms with Gasteiger partial charge in [0.1, 0.15) is 6.04 Å². The number of piperidine rings is 1. The molecule has 0 aliphatic carbocycles. The molecular formula is C17H25ClN2O3S. The van der Waals surface area contributed by atoms with Crippen molar-refractivity contribution in [2.24, 2.45) is 5.92 Å². The van der Waals surface area contributed by atoms with E-state index in [2.05, 4.69) is 6.92 Å². The molecule has 0 saturated carbocycles. The van der Waals surface area contributed by atoms with Crippen LogP contribution in [0.3, 0.4) is 0 Å². The highest BCUT2D eigenvalue weighted by Crippen LogP contribution is 2.29. The molecule has 134 valence electrons. The van der Waals surface area contributed by atoms with Crippen LogP contribution in [0.2, 0.25) is 5.02 Å². The van der Waals surface area contributed by atoms with E-state index in [0.29, 0.717) is 29.7 Å². The summed E-state index contributed by atoms with van der Waals surface area (Å²) < 4.78 is 26.0. The summed E-state index contributed by atoms with van der Waals surface area (Å²) in [7, 11) is -3.63. The third kappa shape index (κ3) is 4.22. The quantitative estimate of drug-likeness (QED) is 0.816. The van der Waals surface area contributed by atoms with Crippen LogP contribution < -0.4 is 4.31 Å². The number of hydrogen-bond acceptors (Lipinski definition) is 3. The predicted molar refractivity (Wildman–Crippen MR) is 98.0 cm³/mol. The van der Waals surface area contributed by atoms with Crippen molar-refractivity contribution in [2.75, 3.05) is 23.7 Å². The molecule has 1 aromatic rings. The van der Waals surface area contributed by atoms with Gasteiger partial charge in [0, 0.05) is 18.1 Å². The number of carbonyl (C=O) groups is 1. The van der Waals surface area contributed by atoms with E-state index >= 15 is 0 Å². The number of anilines is 1. The first-order chi connectivity index (χ1) is 11.1. The van der Waals surface area contributed by atoms with Crippen LogP contribution in [0, 0.1) is 12.8 Å². The van der Waals surface area contributed by atoms with Crippen LogP contribution in [0.25, 0.3) is 0 Å². The molecule has 0 N–H and O–H groups in total. The zero-order valence-corrected chi connectivity index (χ0v) is 16.2. The Balaban J connectivity index is 2.38. The highest BCUT2D eigenvalue weighted by atomic mass is 35.5. The van der Waals surface area contributed by atoms with Gasteiger partial charge in [-0.05, 0) is 50.3 Å². The van der Waals surface area contributed by atoms with Crippen molar-refractivity contribution in [3.8, 4) is 0 Å². The predicted octanol–water partition coefficient (Wildman–Crippen LogP) is 3.06. The van der Waals surface area contributed by atoms with Crippen molar-refractivity contribution in [3.05, 3.63) is 28.8 Å². The van der Waals surface area contributed by atoms with Gasteiger partial charge in [0.15, 0.2) is 0 Å². The molecule has 1 aromatic carbocycles. The number of rotatable bonds is 4. The van der Waals surface area contributed by atoms with Gasteiger partial charge in [-0.3, -0.25) is 9.10 Å². The van der Waals surface area contributed by atoms with Crippen LogP contribution in [0.15, 0.2) is 18.2 Å². The third-order valence-corrected chi connectivity index (χ3v) is 5.91. The fourth-order valence-electron chi connectivity index (χ4n) is 3.25. The van der Waals surface area contributed by atoms with Crippen LogP contribution >= 0.6 is 11.6 Å². The molecule has 1 aliphatic rings. The maximum Gasteiger partial charge on any atom is 0.246 e. The summed E-state index contributed by atoms with van der Waals surface area (Å²) in [5.41, 5.74) is 1.22. The minimum Gasteiger partial charge on any atom is -0.341 e. The number of likely N-dealkylation sites (tertiary alicyclic amines) is 1. The van der Waals surface area contributed by atoms with E-state index in [-0.39, 0.29) is 5.91 Å². The van der Waals surface area contributed by atoms with Crippen molar-refractivity contribution in [2.45, 2.75) is 39.7 Å². The first-order valence-corrected chi connectivity index (χ1v) is 10.4. The molecular weight excluding hydrogens is 348 g/mol. The average molecular weight is 373 g/mol. The molecule has 0 unspecified atom stereocenters. The Morgan fingerprint density at radius 3 is 2.67 bits per heavy atom. The maximum atomic E-state index is 12.9. The second kappa shape index (κ2) is 7.31. The summed E-state index contributed by atoms with van der Waals surface area (Å²) in [5.74, 6) is 0.279. The lowest BCUT2D eigenvalue weighted by atomic mass is 9.99. The zero-order valence-electron chi connectivity index (χ0n) is 14.6. The van der Waals surface area contributed by atoms with Gasteiger partial charge in [0.2, 0.25) is 15.9 Å². The molecule has 2 atom stereocenters. The highest BCUT2D eigenvalue weighted by Gasteiger charge is 2.34. The summed E-state index contributed by atoms with van der Waals surface area (Å²) in [5, 5.41) is 0.440. The molecule has 0 radical (unpaired) electrons. The lowest BCUT2D eigenvalue weighted by molar-refractivity contribution is -0.133. The molecule has 2 rings (SSSR count). The van der Waals surface area contributed by atoms with E-state index in [1.807, 2.05) is 6.92 Å². The number of sulfonamides is 1. The topological polar surface area (TPSA) is 57.7 Å². The molecule has 1 fully saturated rings. The van der Waals surface area contributed by atoms with Crippen LogP contribution in [-0.2, 0) is 14.8 Å². The normalized spacial score (nSPS) is 19.9. The molecule has 1 aliphatic heterocycles. The van der Waals surface area contributed by atoms with E-state index in [1.54, 1.807) is 30.0 Å². The fraction of sp³-hybridized carbons (Fsp3) is 0.588. The number of nitrogens with zero attached hydrogens (tertiary/aromatic N) is 2. The number of amides is 1. The number of benzene rings is 1. The first-order valence-electron chi connectivity index (χ1n) is 8.15. The van der Waals surface area contributed by atoms with Gasteiger partial charge in [-0.15, -0.1) is 0 Å². The van der Waals surface area contributed by atoms with Gasteiger partial charge >= 0.3 is 0 Å². The first kappa shape index (κ1) is 19.1. The van der Waals surface area contributed by atoms with E-state index < -0.39 is 16.1 Å². The van der Waals surface area contributed by atoms with E-state index in [9.17, 15) is 13.2 Å². The molecule has 0 aromatic heterocycles. The summed E-state index contributed by atoms with van der Waals surface area (Å²) in [6, 6.07) is 4.26. The third-order valence-electron chi connectivity index (χ3n) is 4.44. The monoisotopic (exact) mass is 372 g/mol. The summed E-state index contributed by atoms with van der Waals surface area (Å²) >= 11 is 6.05. The number of hydrogen-bond donors (Lipinski definition) is 0. The van der Waals surface area contributed by atoms with Gasteiger partial charge < -0.3 is 4.90 Å². The Bertz CT molecular complexity index is 721. The smallest absolute Gasteiger partial charge is 0.246 e. The average Bonchev–Trinajstić information content (AvgIpc) is 2.48. The van der Waals surface area contributed by atoms with Crippen molar-refractivity contribution >= 4 is 33.2 Å². The second-order valence-electron chi connectivity index (χ2n) is 6.70. The fourth-order valence-corrected chi connectivity index (χ4v) is 4.63. The number of carbonyl (C=O) groups excluding carboxylic acids is 1. The van der Waals surface area contributed by atoms with Gasteiger partial charge in [-0.2, -0.15) is 0 Å². The highest BCUT2D eigenvalue weighted by molar-refractivity contribution is 7.92. The van der Waals surface area contributed by atoms with Crippen molar-refractivity contribution < 1.29 is 13.2 Å². The lowest BCUT2D eigenvalue weighted by Gasteiger charge is -2.36.